The number of nitrogens with zero attached hydrogens (tertiary/aromatic N) is 2. The molecule has 3 rings (SSSR count). The lowest BCUT2D eigenvalue weighted by atomic mass is 10.1. The summed E-state index contributed by atoms with van der Waals surface area (Å²) in [5, 5.41) is 2.67. The summed E-state index contributed by atoms with van der Waals surface area (Å²) in [7, 11) is 0. The number of para-hydroxylation sites is 2. The molecule has 6 nitrogen and oxygen atoms in total. The van der Waals surface area contributed by atoms with Gasteiger partial charge < -0.3 is 9.57 Å². The van der Waals surface area contributed by atoms with Crippen molar-refractivity contribution in [2.24, 2.45) is 0 Å². The molecule has 0 aliphatic rings. The van der Waals surface area contributed by atoms with Gasteiger partial charge in [0.15, 0.2) is 0 Å². The first-order chi connectivity index (χ1) is 12.2. The van der Waals surface area contributed by atoms with Crippen LogP contribution < -0.4 is 10.2 Å². The molecular formula is C19H21N3O3. The Labute approximate surface area is 146 Å². The lowest BCUT2D eigenvalue weighted by molar-refractivity contribution is 0.117. The number of rotatable bonds is 6. The average molecular weight is 339 g/mol. The van der Waals surface area contributed by atoms with Gasteiger partial charge in [0.2, 0.25) is 0 Å². The number of nitrogens with one attached hydrogen (secondary N) is 1. The number of hydrogen-bond acceptors (Lipinski definition) is 4. The van der Waals surface area contributed by atoms with E-state index >= 15 is 0 Å². The van der Waals surface area contributed by atoms with Crippen molar-refractivity contribution in [3.05, 3.63) is 59.9 Å². The molecule has 0 fully saturated rings. The number of carbonyl (C=O) groups is 1. The lowest BCUT2D eigenvalue weighted by Crippen LogP contribution is -2.16. The van der Waals surface area contributed by atoms with Gasteiger partial charge in [-0.3, -0.25) is 5.32 Å². The Morgan fingerprint density at radius 3 is 2.68 bits per heavy atom. The number of ether oxygens (including phenoxy) is 1. The minimum absolute atomic E-state index is 0.351. The van der Waals surface area contributed by atoms with Crippen molar-refractivity contribution >= 4 is 22.8 Å². The topological polar surface area (TPSA) is 65.4 Å². The van der Waals surface area contributed by atoms with E-state index in [2.05, 4.69) is 10.3 Å². The minimum Gasteiger partial charge on any atom is -0.450 e. The molecule has 0 saturated carbocycles. The van der Waals surface area contributed by atoms with Gasteiger partial charge in [-0.25, -0.2) is 9.78 Å². The van der Waals surface area contributed by atoms with E-state index in [9.17, 15) is 4.79 Å². The SMILES string of the molecule is CCOC(=O)Nc1ccc(CCOn2c(C)nc3ccccc32)cc1. The number of anilines is 1. The average Bonchev–Trinajstić information content (AvgIpc) is 2.92. The van der Waals surface area contributed by atoms with E-state index in [4.69, 9.17) is 9.57 Å². The van der Waals surface area contributed by atoms with Gasteiger partial charge in [-0.1, -0.05) is 24.3 Å². The normalized spacial score (nSPS) is 10.6. The molecule has 0 unspecified atom stereocenters. The van der Waals surface area contributed by atoms with Crippen molar-refractivity contribution in [2.75, 3.05) is 18.5 Å². The van der Waals surface area contributed by atoms with E-state index < -0.39 is 6.09 Å². The number of amides is 1. The third-order valence-corrected chi connectivity index (χ3v) is 3.76. The van der Waals surface area contributed by atoms with Gasteiger partial charge in [-0.15, -0.1) is 0 Å². The van der Waals surface area contributed by atoms with Crippen molar-refractivity contribution in [1.82, 2.24) is 9.71 Å². The molecule has 25 heavy (non-hydrogen) atoms. The largest absolute Gasteiger partial charge is 0.450 e. The molecule has 0 saturated heterocycles. The summed E-state index contributed by atoms with van der Waals surface area (Å²) in [5.74, 6) is 0.829. The second-order valence-corrected chi connectivity index (χ2v) is 5.57. The number of imidazole rings is 1. The van der Waals surface area contributed by atoms with E-state index in [0.717, 1.165) is 28.8 Å². The molecule has 0 spiro atoms. The van der Waals surface area contributed by atoms with Gasteiger partial charge in [-0.05, 0) is 43.7 Å². The van der Waals surface area contributed by atoms with Crippen LogP contribution in [-0.4, -0.2) is 29.0 Å². The van der Waals surface area contributed by atoms with Gasteiger partial charge in [0.25, 0.3) is 0 Å². The van der Waals surface area contributed by atoms with Crippen molar-refractivity contribution in [3.8, 4) is 0 Å². The Balaban J connectivity index is 1.57. The number of hydrogen-bond donors (Lipinski definition) is 1. The van der Waals surface area contributed by atoms with Crippen LogP contribution in [0.3, 0.4) is 0 Å². The number of aromatic nitrogens is 2. The van der Waals surface area contributed by atoms with Gasteiger partial charge in [-0.2, -0.15) is 4.73 Å². The Morgan fingerprint density at radius 2 is 1.92 bits per heavy atom. The Bertz CT molecular complexity index is 856. The fraction of sp³-hybridized carbons (Fsp3) is 0.263. The van der Waals surface area contributed by atoms with Crippen LogP contribution in [0.15, 0.2) is 48.5 Å². The molecular weight excluding hydrogens is 318 g/mol. The molecule has 0 aliphatic heterocycles. The van der Waals surface area contributed by atoms with E-state index in [1.54, 1.807) is 11.7 Å². The zero-order valence-electron chi connectivity index (χ0n) is 14.4. The van der Waals surface area contributed by atoms with E-state index in [1.165, 1.54) is 0 Å². The molecule has 1 N–H and O–H groups in total. The smallest absolute Gasteiger partial charge is 0.411 e. The van der Waals surface area contributed by atoms with Gasteiger partial charge >= 0.3 is 6.09 Å². The van der Waals surface area contributed by atoms with Crippen molar-refractivity contribution in [3.63, 3.8) is 0 Å². The summed E-state index contributed by atoms with van der Waals surface area (Å²) in [6, 6.07) is 15.5. The fourth-order valence-electron chi connectivity index (χ4n) is 2.58. The molecule has 6 heteroatoms. The number of aryl methyl sites for hydroxylation is 1. The summed E-state index contributed by atoms with van der Waals surface area (Å²) < 4.78 is 6.62. The van der Waals surface area contributed by atoms with Crippen LogP contribution in [0.25, 0.3) is 11.0 Å². The fourth-order valence-corrected chi connectivity index (χ4v) is 2.58. The van der Waals surface area contributed by atoms with Gasteiger partial charge in [0.05, 0.1) is 12.1 Å². The van der Waals surface area contributed by atoms with Gasteiger partial charge in [0.1, 0.15) is 17.9 Å². The van der Waals surface area contributed by atoms with Crippen molar-refractivity contribution in [1.29, 1.82) is 0 Å². The number of carbonyl (C=O) groups excluding carboxylic acids is 1. The van der Waals surface area contributed by atoms with Crippen LogP contribution in [0.2, 0.25) is 0 Å². The standard InChI is InChI=1S/C19H21N3O3/c1-3-24-19(23)21-16-10-8-15(9-11-16)12-13-25-22-14(2)20-17-6-4-5-7-18(17)22/h4-11H,3,12-13H2,1-2H3,(H,21,23). The highest BCUT2D eigenvalue weighted by molar-refractivity contribution is 5.84. The van der Waals surface area contributed by atoms with Crippen LogP contribution in [0.5, 0.6) is 0 Å². The molecule has 2 aromatic carbocycles. The monoisotopic (exact) mass is 339 g/mol. The molecule has 1 amide bonds. The molecule has 3 aromatic rings. The maximum Gasteiger partial charge on any atom is 0.411 e. The number of fused-ring (bicyclic) bond motifs is 1. The predicted molar refractivity (Wildman–Crippen MR) is 96.7 cm³/mol. The van der Waals surface area contributed by atoms with E-state index in [0.29, 0.717) is 18.9 Å². The van der Waals surface area contributed by atoms with Crippen LogP contribution in [0.4, 0.5) is 10.5 Å². The maximum atomic E-state index is 11.4. The maximum absolute atomic E-state index is 11.4. The zero-order valence-corrected chi connectivity index (χ0v) is 14.4. The second-order valence-electron chi connectivity index (χ2n) is 5.57. The Morgan fingerprint density at radius 1 is 1.16 bits per heavy atom. The van der Waals surface area contributed by atoms with Gasteiger partial charge in [0, 0.05) is 12.1 Å². The summed E-state index contributed by atoms with van der Waals surface area (Å²) in [4.78, 5) is 21.7. The highest BCUT2D eigenvalue weighted by Gasteiger charge is 2.07. The molecule has 0 bridgehead atoms. The van der Waals surface area contributed by atoms with Crippen LogP contribution in [-0.2, 0) is 11.2 Å². The molecule has 0 radical (unpaired) electrons. The van der Waals surface area contributed by atoms with E-state index in [1.807, 2.05) is 55.5 Å². The van der Waals surface area contributed by atoms with Crippen LogP contribution >= 0.6 is 0 Å². The summed E-state index contributed by atoms with van der Waals surface area (Å²) >= 11 is 0. The molecule has 130 valence electrons. The Kier molecular flexibility index (Phi) is 5.18. The molecule has 1 aromatic heterocycles. The molecule has 1 heterocycles. The van der Waals surface area contributed by atoms with Crippen molar-refractivity contribution < 1.29 is 14.4 Å². The first kappa shape index (κ1) is 16.8. The highest BCUT2D eigenvalue weighted by Crippen LogP contribution is 2.14. The van der Waals surface area contributed by atoms with Crippen LogP contribution in [0.1, 0.15) is 18.3 Å². The predicted octanol–water partition coefficient (Wildman–Crippen LogP) is 3.58. The van der Waals surface area contributed by atoms with Crippen molar-refractivity contribution in [2.45, 2.75) is 20.3 Å². The third kappa shape index (κ3) is 4.09. The summed E-state index contributed by atoms with van der Waals surface area (Å²) in [6.45, 7) is 4.58. The zero-order chi connectivity index (χ0) is 17.6. The molecule has 0 aliphatic carbocycles. The molecule has 0 atom stereocenters. The highest BCUT2D eigenvalue weighted by atomic mass is 16.7. The first-order valence-electron chi connectivity index (χ1n) is 8.27. The minimum atomic E-state index is -0.443. The quantitative estimate of drug-likeness (QED) is 0.745. The number of benzene rings is 2. The Hall–Kier alpha value is -3.02. The summed E-state index contributed by atoms with van der Waals surface area (Å²) in [6.07, 6.45) is 0.312. The van der Waals surface area contributed by atoms with Crippen LogP contribution in [0, 0.1) is 6.92 Å². The second kappa shape index (κ2) is 7.70. The lowest BCUT2D eigenvalue weighted by Gasteiger charge is -2.10. The third-order valence-electron chi connectivity index (χ3n) is 3.76. The summed E-state index contributed by atoms with van der Waals surface area (Å²) in [5.41, 5.74) is 3.72. The van der Waals surface area contributed by atoms with E-state index in [-0.39, 0.29) is 0 Å². The first-order valence-corrected chi connectivity index (χ1v) is 8.27.